The Bertz CT molecular complexity index is 1560. The van der Waals surface area contributed by atoms with Crippen LogP contribution in [0, 0.1) is 0 Å². The fourth-order valence-electron chi connectivity index (χ4n) is 4.36. The van der Waals surface area contributed by atoms with Gasteiger partial charge in [0.15, 0.2) is 0 Å². The second-order valence-corrected chi connectivity index (χ2v) is 8.69. The zero-order chi connectivity index (χ0) is 25.8. The normalized spacial score (nSPS) is 11.4. The lowest BCUT2D eigenvalue weighted by molar-refractivity contribution is -0.111. The van der Waals surface area contributed by atoms with Crippen molar-refractivity contribution in [3.63, 3.8) is 0 Å². The van der Waals surface area contributed by atoms with Crippen LogP contribution in [0.15, 0.2) is 108 Å². The Balaban J connectivity index is 1.45. The van der Waals surface area contributed by atoms with E-state index in [1.54, 1.807) is 50.8 Å². The van der Waals surface area contributed by atoms with E-state index in [0.29, 0.717) is 11.4 Å². The van der Waals surface area contributed by atoms with Crippen LogP contribution in [0.25, 0.3) is 38.8 Å². The SMILES string of the molecule is COc1ccc(NC(=O)/C=C(\C)c2cc3c(-c4ccc(-c5ccccc5)cc4)coc3cc2OC)cc1. The maximum atomic E-state index is 12.7. The number of allylic oxidation sites excluding steroid dienone is 1. The van der Waals surface area contributed by atoms with Crippen molar-refractivity contribution in [2.75, 3.05) is 19.5 Å². The molecule has 0 saturated heterocycles. The van der Waals surface area contributed by atoms with Gasteiger partial charge in [0, 0.05) is 34.3 Å². The number of carbonyl (C=O) groups is 1. The summed E-state index contributed by atoms with van der Waals surface area (Å²) in [5.74, 6) is 1.14. The number of ether oxygens (including phenoxy) is 2. The molecule has 1 heterocycles. The van der Waals surface area contributed by atoms with Crippen molar-refractivity contribution in [1.82, 2.24) is 0 Å². The van der Waals surface area contributed by atoms with Crippen molar-refractivity contribution in [1.29, 1.82) is 0 Å². The first kappa shape index (κ1) is 23.9. The van der Waals surface area contributed by atoms with E-state index in [1.807, 2.05) is 37.3 Å². The first-order valence-electron chi connectivity index (χ1n) is 11.9. The first-order chi connectivity index (χ1) is 18.1. The Hall–Kier alpha value is -4.77. The van der Waals surface area contributed by atoms with Crippen LogP contribution in [0.4, 0.5) is 5.69 Å². The van der Waals surface area contributed by atoms with Crippen LogP contribution in [0.1, 0.15) is 12.5 Å². The Morgan fingerprint density at radius 2 is 1.49 bits per heavy atom. The van der Waals surface area contributed by atoms with Gasteiger partial charge in [0.1, 0.15) is 17.1 Å². The van der Waals surface area contributed by atoms with Crippen LogP contribution in [0.3, 0.4) is 0 Å². The second kappa shape index (κ2) is 10.5. The average molecular weight is 490 g/mol. The van der Waals surface area contributed by atoms with Crippen molar-refractivity contribution in [3.05, 3.63) is 109 Å². The van der Waals surface area contributed by atoms with Crippen LogP contribution >= 0.6 is 0 Å². The number of hydrogen-bond acceptors (Lipinski definition) is 4. The van der Waals surface area contributed by atoms with Crippen molar-refractivity contribution in [3.8, 4) is 33.8 Å². The molecule has 5 heteroatoms. The van der Waals surface area contributed by atoms with Gasteiger partial charge in [-0.25, -0.2) is 0 Å². The van der Waals surface area contributed by atoms with E-state index in [4.69, 9.17) is 13.9 Å². The molecule has 0 aliphatic rings. The number of carbonyl (C=O) groups excluding carboxylic acids is 1. The maximum Gasteiger partial charge on any atom is 0.248 e. The number of nitrogens with one attached hydrogen (secondary N) is 1. The van der Waals surface area contributed by atoms with Crippen LogP contribution in [-0.2, 0) is 4.79 Å². The van der Waals surface area contributed by atoms with E-state index < -0.39 is 0 Å². The van der Waals surface area contributed by atoms with E-state index >= 15 is 0 Å². The minimum Gasteiger partial charge on any atom is -0.497 e. The van der Waals surface area contributed by atoms with Crippen molar-refractivity contribution in [2.45, 2.75) is 6.92 Å². The van der Waals surface area contributed by atoms with Gasteiger partial charge in [0.25, 0.3) is 0 Å². The fraction of sp³-hybridized carbons (Fsp3) is 0.0938. The van der Waals surface area contributed by atoms with E-state index in [2.05, 4.69) is 41.7 Å². The Morgan fingerprint density at radius 1 is 0.811 bits per heavy atom. The van der Waals surface area contributed by atoms with E-state index in [1.165, 1.54) is 5.56 Å². The second-order valence-electron chi connectivity index (χ2n) is 8.69. The van der Waals surface area contributed by atoms with Gasteiger partial charge in [-0.05, 0) is 59.5 Å². The summed E-state index contributed by atoms with van der Waals surface area (Å²) in [6.07, 6.45) is 3.34. The van der Waals surface area contributed by atoms with Gasteiger partial charge in [0.05, 0.1) is 20.5 Å². The predicted molar refractivity (Wildman–Crippen MR) is 149 cm³/mol. The molecule has 37 heavy (non-hydrogen) atoms. The molecule has 5 aromatic rings. The highest BCUT2D eigenvalue weighted by atomic mass is 16.5. The Labute approximate surface area is 216 Å². The first-order valence-corrected chi connectivity index (χ1v) is 11.9. The third kappa shape index (κ3) is 5.11. The Kier molecular flexibility index (Phi) is 6.77. The van der Waals surface area contributed by atoms with E-state index in [9.17, 15) is 4.79 Å². The zero-order valence-electron chi connectivity index (χ0n) is 20.9. The van der Waals surface area contributed by atoms with Crippen LogP contribution < -0.4 is 14.8 Å². The monoisotopic (exact) mass is 489 g/mol. The van der Waals surface area contributed by atoms with Crippen LogP contribution in [0.2, 0.25) is 0 Å². The van der Waals surface area contributed by atoms with Crippen molar-refractivity contribution >= 4 is 28.1 Å². The highest BCUT2D eigenvalue weighted by Crippen LogP contribution is 2.38. The highest BCUT2D eigenvalue weighted by molar-refractivity contribution is 6.05. The molecule has 1 aromatic heterocycles. The van der Waals surface area contributed by atoms with Crippen LogP contribution in [-0.4, -0.2) is 20.1 Å². The summed E-state index contributed by atoms with van der Waals surface area (Å²) >= 11 is 0. The van der Waals surface area contributed by atoms with Gasteiger partial charge in [-0.3, -0.25) is 4.79 Å². The molecule has 0 unspecified atom stereocenters. The lowest BCUT2D eigenvalue weighted by atomic mass is 9.97. The topological polar surface area (TPSA) is 60.7 Å². The van der Waals surface area contributed by atoms with Gasteiger partial charge in [0.2, 0.25) is 5.91 Å². The third-order valence-corrected chi connectivity index (χ3v) is 6.33. The van der Waals surface area contributed by atoms with Gasteiger partial charge in [-0.1, -0.05) is 54.6 Å². The molecule has 0 fully saturated rings. The summed E-state index contributed by atoms with van der Waals surface area (Å²) in [5, 5.41) is 3.84. The lowest BCUT2D eigenvalue weighted by Crippen LogP contribution is -2.08. The summed E-state index contributed by atoms with van der Waals surface area (Å²) in [6, 6.07) is 29.8. The van der Waals surface area contributed by atoms with Gasteiger partial charge in [-0.15, -0.1) is 0 Å². The quantitative estimate of drug-likeness (QED) is 0.237. The lowest BCUT2D eigenvalue weighted by Gasteiger charge is -2.10. The fourth-order valence-corrected chi connectivity index (χ4v) is 4.36. The Morgan fingerprint density at radius 3 is 2.16 bits per heavy atom. The predicted octanol–water partition coefficient (Wildman–Crippen LogP) is 7.83. The molecular formula is C32H27NO4. The molecule has 184 valence electrons. The molecule has 5 nitrogen and oxygen atoms in total. The molecule has 0 aliphatic heterocycles. The molecule has 1 amide bonds. The van der Waals surface area contributed by atoms with Crippen molar-refractivity contribution in [2.24, 2.45) is 0 Å². The molecule has 5 rings (SSSR count). The molecule has 0 bridgehead atoms. The van der Waals surface area contributed by atoms with E-state index in [0.717, 1.165) is 44.5 Å². The maximum absolute atomic E-state index is 12.7. The molecule has 0 aliphatic carbocycles. The summed E-state index contributed by atoms with van der Waals surface area (Å²) < 4.78 is 16.7. The smallest absolute Gasteiger partial charge is 0.248 e. The van der Waals surface area contributed by atoms with Crippen molar-refractivity contribution < 1.29 is 18.7 Å². The van der Waals surface area contributed by atoms with E-state index in [-0.39, 0.29) is 5.91 Å². The standard InChI is InChI=1S/C32H27NO4/c1-21(17-32(34)33-25-13-15-26(35-2)16-14-25)27-18-28-29(20-37-31(28)19-30(27)36-3)24-11-9-23(10-12-24)22-7-5-4-6-8-22/h4-20H,1-3H3,(H,33,34)/b21-17+. The number of anilines is 1. The van der Waals surface area contributed by atoms with Gasteiger partial charge < -0.3 is 19.2 Å². The highest BCUT2D eigenvalue weighted by Gasteiger charge is 2.15. The number of rotatable bonds is 7. The summed E-state index contributed by atoms with van der Waals surface area (Å²) in [6.45, 7) is 1.89. The number of fused-ring (bicyclic) bond motifs is 1. The number of methoxy groups -OCH3 is 2. The molecule has 0 saturated carbocycles. The summed E-state index contributed by atoms with van der Waals surface area (Å²) in [7, 11) is 3.22. The minimum absolute atomic E-state index is 0.228. The third-order valence-electron chi connectivity index (χ3n) is 6.33. The molecule has 0 spiro atoms. The summed E-state index contributed by atoms with van der Waals surface area (Å²) in [5.41, 5.74) is 7.36. The number of furan rings is 1. The summed E-state index contributed by atoms with van der Waals surface area (Å²) in [4.78, 5) is 12.7. The molecule has 0 radical (unpaired) electrons. The van der Waals surface area contributed by atoms with Gasteiger partial charge >= 0.3 is 0 Å². The molecule has 0 atom stereocenters. The number of amides is 1. The minimum atomic E-state index is -0.228. The zero-order valence-corrected chi connectivity index (χ0v) is 20.9. The molecular weight excluding hydrogens is 462 g/mol. The number of benzene rings is 4. The van der Waals surface area contributed by atoms with Gasteiger partial charge in [-0.2, -0.15) is 0 Å². The molecule has 1 N–H and O–H groups in total. The average Bonchev–Trinajstić information content (AvgIpc) is 3.36. The number of hydrogen-bond donors (Lipinski definition) is 1. The van der Waals surface area contributed by atoms with Crippen LogP contribution in [0.5, 0.6) is 11.5 Å². The molecule has 4 aromatic carbocycles. The largest absolute Gasteiger partial charge is 0.497 e.